The summed E-state index contributed by atoms with van der Waals surface area (Å²) in [6.45, 7) is 4.43. The highest BCUT2D eigenvalue weighted by molar-refractivity contribution is 5.90. The van der Waals surface area contributed by atoms with Crippen LogP contribution in [0.2, 0.25) is 0 Å². The summed E-state index contributed by atoms with van der Waals surface area (Å²) >= 11 is 0. The van der Waals surface area contributed by atoms with Crippen LogP contribution in [0.1, 0.15) is 30.6 Å². The lowest BCUT2D eigenvalue weighted by atomic mass is 9.82. The molecule has 2 N–H and O–H groups in total. The van der Waals surface area contributed by atoms with Gasteiger partial charge in [0.1, 0.15) is 17.8 Å². The number of carbonyl (C=O) groups is 1. The Hall–Kier alpha value is -1.91. The van der Waals surface area contributed by atoms with Gasteiger partial charge in [-0.3, -0.25) is 0 Å². The van der Waals surface area contributed by atoms with E-state index in [4.69, 9.17) is 28.4 Å². The van der Waals surface area contributed by atoms with Crippen molar-refractivity contribution in [3.8, 4) is 11.5 Å². The Morgan fingerprint density at radius 3 is 2.70 bits per heavy atom. The standard InChI is InChI=1S/C21H28O9/c1-4-26-15-9-12-16(20(28-15)27-5-2)21(10-22)18(30-21)17(12)29-19(24)11-6-7-13(23)14(8-11)25-3/h6-8,12,15-18,20,22-23H,4-5,9-10H2,1-3H3. The van der Waals surface area contributed by atoms with E-state index in [9.17, 15) is 15.0 Å². The van der Waals surface area contributed by atoms with E-state index in [2.05, 4.69) is 0 Å². The maximum atomic E-state index is 12.9. The number of methoxy groups -OCH3 is 1. The zero-order chi connectivity index (χ0) is 21.5. The maximum absolute atomic E-state index is 12.9. The van der Waals surface area contributed by atoms with Crippen LogP contribution in [-0.4, -0.2) is 73.5 Å². The fourth-order valence-corrected chi connectivity index (χ4v) is 4.81. The molecule has 3 aliphatic rings. The topological polar surface area (TPSA) is 116 Å². The minimum absolute atomic E-state index is 0.0663. The molecule has 3 fully saturated rings. The lowest BCUT2D eigenvalue weighted by Gasteiger charge is -2.42. The van der Waals surface area contributed by atoms with Crippen LogP contribution in [-0.2, 0) is 23.7 Å². The van der Waals surface area contributed by atoms with Crippen LogP contribution in [0.3, 0.4) is 0 Å². The molecule has 166 valence electrons. The van der Waals surface area contributed by atoms with E-state index in [-0.39, 0.29) is 35.5 Å². The average Bonchev–Trinajstić information content (AvgIpc) is 3.41. The first-order valence-corrected chi connectivity index (χ1v) is 10.2. The predicted molar refractivity (Wildman–Crippen MR) is 102 cm³/mol. The summed E-state index contributed by atoms with van der Waals surface area (Å²) in [4.78, 5) is 12.9. The molecule has 1 aromatic rings. The highest BCUT2D eigenvalue weighted by Gasteiger charge is 2.77. The summed E-state index contributed by atoms with van der Waals surface area (Å²) in [7, 11) is 1.41. The number of ether oxygens (including phenoxy) is 6. The Morgan fingerprint density at radius 1 is 1.27 bits per heavy atom. The SMILES string of the molecule is CCOC1CC2C(OC(=O)c3ccc(O)c(OC)c3)C3OC3(CO)C2C(OCC)O1. The Balaban J connectivity index is 1.58. The Labute approximate surface area is 174 Å². The van der Waals surface area contributed by atoms with E-state index in [1.54, 1.807) is 0 Å². The molecule has 2 aliphatic heterocycles. The molecule has 0 aromatic heterocycles. The van der Waals surface area contributed by atoms with Gasteiger partial charge in [-0.25, -0.2) is 4.79 Å². The molecule has 2 heterocycles. The number of aliphatic hydroxyl groups is 1. The molecule has 1 saturated carbocycles. The molecule has 0 spiro atoms. The largest absolute Gasteiger partial charge is 0.504 e. The summed E-state index contributed by atoms with van der Waals surface area (Å²) in [5.74, 6) is -0.880. The summed E-state index contributed by atoms with van der Waals surface area (Å²) in [5, 5.41) is 19.8. The molecule has 7 atom stereocenters. The molecule has 2 saturated heterocycles. The Bertz CT molecular complexity index is 784. The normalized spacial score (nSPS) is 36.7. The first-order valence-electron chi connectivity index (χ1n) is 10.2. The minimum Gasteiger partial charge on any atom is -0.504 e. The molecule has 9 heteroatoms. The van der Waals surface area contributed by atoms with E-state index >= 15 is 0 Å². The van der Waals surface area contributed by atoms with E-state index in [1.165, 1.54) is 25.3 Å². The van der Waals surface area contributed by atoms with Gasteiger partial charge >= 0.3 is 5.97 Å². The molecule has 1 aliphatic carbocycles. The second-order valence-corrected chi connectivity index (χ2v) is 7.68. The third-order valence-electron chi connectivity index (χ3n) is 6.15. The van der Waals surface area contributed by atoms with Gasteiger partial charge in [-0.05, 0) is 32.0 Å². The Morgan fingerprint density at radius 2 is 2.03 bits per heavy atom. The molecule has 9 nitrogen and oxygen atoms in total. The number of epoxide rings is 1. The van der Waals surface area contributed by atoms with Gasteiger partial charge in [0.25, 0.3) is 0 Å². The number of aromatic hydroxyl groups is 1. The number of hydrogen-bond donors (Lipinski definition) is 2. The van der Waals surface area contributed by atoms with Crippen molar-refractivity contribution in [2.24, 2.45) is 11.8 Å². The number of hydrogen-bond acceptors (Lipinski definition) is 9. The molecule has 7 unspecified atom stereocenters. The highest BCUT2D eigenvalue weighted by Crippen LogP contribution is 2.61. The van der Waals surface area contributed by atoms with Gasteiger partial charge in [-0.2, -0.15) is 0 Å². The van der Waals surface area contributed by atoms with Crippen LogP contribution >= 0.6 is 0 Å². The molecular weight excluding hydrogens is 396 g/mol. The average molecular weight is 424 g/mol. The number of benzene rings is 1. The van der Waals surface area contributed by atoms with Gasteiger partial charge in [0.15, 0.2) is 24.1 Å². The van der Waals surface area contributed by atoms with Gasteiger partial charge in [0.05, 0.1) is 25.2 Å². The van der Waals surface area contributed by atoms with Gasteiger partial charge in [-0.1, -0.05) is 0 Å². The van der Waals surface area contributed by atoms with Crippen molar-refractivity contribution in [2.45, 2.75) is 50.7 Å². The molecule has 4 rings (SSSR count). The number of phenols is 1. The van der Waals surface area contributed by atoms with E-state index in [0.29, 0.717) is 19.6 Å². The second-order valence-electron chi connectivity index (χ2n) is 7.68. The van der Waals surface area contributed by atoms with Gasteiger partial charge in [0.2, 0.25) is 0 Å². The molecule has 0 radical (unpaired) electrons. The van der Waals surface area contributed by atoms with Crippen LogP contribution in [0.4, 0.5) is 0 Å². The summed E-state index contributed by atoms with van der Waals surface area (Å²) < 4.78 is 34.2. The maximum Gasteiger partial charge on any atom is 0.338 e. The summed E-state index contributed by atoms with van der Waals surface area (Å²) in [6.07, 6.45) is -1.63. The molecule has 30 heavy (non-hydrogen) atoms. The summed E-state index contributed by atoms with van der Waals surface area (Å²) in [6, 6.07) is 4.27. The number of esters is 1. The molecular formula is C21H28O9. The van der Waals surface area contributed by atoms with Crippen molar-refractivity contribution < 1.29 is 43.4 Å². The second kappa shape index (κ2) is 8.32. The summed E-state index contributed by atoms with van der Waals surface area (Å²) in [5.41, 5.74) is -0.600. The fourth-order valence-electron chi connectivity index (χ4n) is 4.81. The first kappa shape index (κ1) is 21.3. The number of rotatable bonds is 8. The molecule has 0 bridgehead atoms. The predicted octanol–water partition coefficient (Wildman–Crippen LogP) is 1.45. The van der Waals surface area contributed by atoms with Crippen molar-refractivity contribution in [1.29, 1.82) is 0 Å². The van der Waals surface area contributed by atoms with Crippen LogP contribution in [0, 0.1) is 11.8 Å². The third kappa shape index (κ3) is 3.44. The third-order valence-corrected chi connectivity index (χ3v) is 6.15. The van der Waals surface area contributed by atoms with Crippen molar-refractivity contribution in [1.82, 2.24) is 0 Å². The van der Waals surface area contributed by atoms with Crippen molar-refractivity contribution in [3.05, 3.63) is 23.8 Å². The minimum atomic E-state index is -0.848. The number of phenolic OH excluding ortho intramolecular Hbond substituents is 1. The van der Waals surface area contributed by atoms with Gasteiger partial charge < -0.3 is 38.6 Å². The van der Waals surface area contributed by atoms with E-state index in [1.807, 2.05) is 13.8 Å². The van der Waals surface area contributed by atoms with Gasteiger partial charge in [0, 0.05) is 25.6 Å². The van der Waals surface area contributed by atoms with E-state index in [0.717, 1.165) is 0 Å². The van der Waals surface area contributed by atoms with Crippen molar-refractivity contribution in [3.63, 3.8) is 0 Å². The number of aliphatic hydroxyl groups excluding tert-OH is 1. The molecule has 1 aromatic carbocycles. The lowest BCUT2D eigenvalue weighted by Crippen LogP contribution is -2.50. The molecule has 0 amide bonds. The quantitative estimate of drug-likeness (QED) is 0.472. The van der Waals surface area contributed by atoms with Crippen LogP contribution in [0.25, 0.3) is 0 Å². The van der Waals surface area contributed by atoms with E-state index < -0.39 is 36.4 Å². The highest BCUT2D eigenvalue weighted by atomic mass is 16.8. The van der Waals surface area contributed by atoms with Crippen LogP contribution in [0.15, 0.2) is 18.2 Å². The number of fused-ring (bicyclic) bond motifs is 3. The zero-order valence-electron chi connectivity index (χ0n) is 17.3. The van der Waals surface area contributed by atoms with Crippen LogP contribution in [0.5, 0.6) is 11.5 Å². The lowest BCUT2D eigenvalue weighted by molar-refractivity contribution is -0.309. The number of carbonyl (C=O) groups excluding carboxylic acids is 1. The van der Waals surface area contributed by atoms with Gasteiger partial charge in [-0.15, -0.1) is 0 Å². The Kier molecular flexibility index (Phi) is 5.91. The fraction of sp³-hybridized carbons (Fsp3) is 0.667. The monoisotopic (exact) mass is 424 g/mol. The van der Waals surface area contributed by atoms with Crippen LogP contribution < -0.4 is 4.74 Å². The van der Waals surface area contributed by atoms with Crippen molar-refractivity contribution in [2.75, 3.05) is 26.9 Å². The zero-order valence-corrected chi connectivity index (χ0v) is 17.3. The first-order chi connectivity index (χ1) is 14.5. The smallest absolute Gasteiger partial charge is 0.338 e. The van der Waals surface area contributed by atoms with Crippen molar-refractivity contribution >= 4 is 5.97 Å².